The predicted molar refractivity (Wildman–Crippen MR) is 167 cm³/mol. The molecule has 0 unspecified atom stereocenters. The number of hydrogen-bond donors (Lipinski definition) is 0. The van der Waals surface area contributed by atoms with Crippen LogP contribution in [0, 0.1) is 6.92 Å². The van der Waals surface area contributed by atoms with E-state index in [9.17, 15) is 0 Å². The lowest BCUT2D eigenvalue weighted by molar-refractivity contribution is 1.08. The van der Waals surface area contributed by atoms with Crippen LogP contribution in [0.3, 0.4) is 0 Å². The zero-order valence-electron chi connectivity index (χ0n) is 21.8. The Balaban J connectivity index is 1.58. The molecule has 0 spiro atoms. The van der Waals surface area contributed by atoms with Gasteiger partial charge in [0.25, 0.3) is 0 Å². The number of hydrogen-bond acceptors (Lipinski definition) is 1. The van der Waals surface area contributed by atoms with Crippen LogP contribution in [0.4, 0.5) is 0 Å². The molecule has 3 heteroatoms. The van der Waals surface area contributed by atoms with Crippen molar-refractivity contribution in [1.82, 2.24) is 9.55 Å². The summed E-state index contributed by atoms with van der Waals surface area (Å²) in [6, 6.07) is 53.1. The van der Waals surface area contributed by atoms with E-state index in [0.717, 1.165) is 5.82 Å². The fourth-order valence-corrected chi connectivity index (χ4v) is 10.9. The molecule has 2 heterocycles. The van der Waals surface area contributed by atoms with E-state index in [2.05, 4.69) is 157 Å². The molecule has 186 valence electrons. The molecule has 0 N–H and O–H groups in total. The van der Waals surface area contributed by atoms with Crippen molar-refractivity contribution in [2.24, 2.45) is 0 Å². The van der Waals surface area contributed by atoms with Gasteiger partial charge >= 0.3 is 0 Å². The normalized spacial score (nSPS) is 11.7. The minimum absolute atomic E-state index is 0.948. The summed E-state index contributed by atoms with van der Waals surface area (Å²) in [4.78, 5) is 4.99. The first-order chi connectivity index (χ1) is 19.3. The average molecular weight is 517 g/mol. The highest BCUT2D eigenvalue weighted by Crippen LogP contribution is 2.31. The number of aromatic nitrogens is 2. The molecule has 0 aliphatic carbocycles. The SMILES string of the molecule is Cc1ccc2c3ccccc3n(-c3cc([Si](c4ccccc4)(c4ccccc4)c4ccccc4)ccn3)c2c1. The summed E-state index contributed by atoms with van der Waals surface area (Å²) in [6.07, 6.45) is 2.00. The summed E-state index contributed by atoms with van der Waals surface area (Å²) in [6.45, 7) is 2.16. The van der Waals surface area contributed by atoms with Gasteiger partial charge < -0.3 is 0 Å². The zero-order chi connectivity index (χ0) is 26.2. The maximum Gasteiger partial charge on any atom is 0.179 e. The second-order valence-electron chi connectivity index (χ2n) is 10.1. The number of benzene rings is 5. The smallest absolute Gasteiger partial charge is 0.179 e. The molecule has 7 rings (SSSR count). The molecule has 0 atom stereocenters. The lowest BCUT2D eigenvalue weighted by Gasteiger charge is -2.34. The van der Waals surface area contributed by atoms with Gasteiger partial charge in [-0.25, -0.2) is 4.98 Å². The Labute approximate surface area is 229 Å². The monoisotopic (exact) mass is 516 g/mol. The van der Waals surface area contributed by atoms with Crippen LogP contribution in [-0.2, 0) is 0 Å². The largest absolute Gasteiger partial charge is 0.294 e. The standard InChI is InChI=1S/C36H28N2Si/c1-27-21-22-33-32-19-11-12-20-34(32)38(35(33)25-27)36-26-31(23-24-37-36)39(28-13-5-2-6-14-28,29-15-7-3-8-16-29)30-17-9-4-10-18-30/h2-26H,1H3. The first kappa shape index (κ1) is 23.4. The van der Waals surface area contributed by atoms with Crippen molar-refractivity contribution in [1.29, 1.82) is 0 Å². The zero-order valence-corrected chi connectivity index (χ0v) is 22.8. The van der Waals surface area contributed by atoms with E-state index in [-0.39, 0.29) is 0 Å². The van der Waals surface area contributed by atoms with E-state index in [0.29, 0.717) is 0 Å². The van der Waals surface area contributed by atoms with Crippen LogP contribution in [0.15, 0.2) is 152 Å². The Bertz CT molecular complexity index is 1810. The van der Waals surface area contributed by atoms with E-state index in [1.807, 2.05) is 6.20 Å². The lowest BCUT2D eigenvalue weighted by atomic mass is 10.1. The Morgan fingerprint density at radius 3 is 1.64 bits per heavy atom. The maximum absolute atomic E-state index is 4.99. The van der Waals surface area contributed by atoms with Crippen molar-refractivity contribution in [3.8, 4) is 5.82 Å². The quantitative estimate of drug-likeness (QED) is 0.207. The number of para-hydroxylation sites is 1. The van der Waals surface area contributed by atoms with Gasteiger partial charge in [0, 0.05) is 17.0 Å². The van der Waals surface area contributed by atoms with Gasteiger partial charge in [0.1, 0.15) is 5.82 Å². The van der Waals surface area contributed by atoms with Crippen LogP contribution in [0.2, 0.25) is 0 Å². The molecule has 0 saturated heterocycles. The first-order valence-corrected chi connectivity index (χ1v) is 15.4. The van der Waals surface area contributed by atoms with Crippen LogP contribution >= 0.6 is 0 Å². The van der Waals surface area contributed by atoms with Crippen LogP contribution in [0.25, 0.3) is 27.6 Å². The third kappa shape index (κ3) is 3.74. The Morgan fingerprint density at radius 1 is 0.487 bits per heavy atom. The summed E-state index contributed by atoms with van der Waals surface area (Å²) in [5.74, 6) is 0.948. The number of fused-ring (bicyclic) bond motifs is 3. The van der Waals surface area contributed by atoms with Gasteiger partial charge in [-0.2, -0.15) is 0 Å². The predicted octanol–water partition coefficient (Wildman–Crippen LogP) is 5.86. The number of pyridine rings is 1. The van der Waals surface area contributed by atoms with Crippen molar-refractivity contribution >= 4 is 50.6 Å². The maximum atomic E-state index is 4.99. The summed E-state index contributed by atoms with van der Waals surface area (Å²) in [5, 5.41) is 7.89. The molecule has 7 aromatic rings. The van der Waals surface area contributed by atoms with Gasteiger partial charge in [0.2, 0.25) is 0 Å². The minimum atomic E-state index is -2.64. The van der Waals surface area contributed by atoms with Crippen molar-refractivity contribution in [3.05, 3.63) is 157 Å². The Hall–Kier alpha value is -4.73. The average Bonchev–Trinajstić information content (AvgIpc) is 3.33. The van der Waals surface area contributed by atoms with E-state index >= 15 is 0 Å². The van der Waals surface area contributed by atoms with E-state index < -0.39 is 8.07 Å². The van der Waals surface area contributed by atoms with Crippen LogP contribution in [0.1, 0.15) is 5.56 Å². The van der Waals surface area contributed by atoms with Gasteiger partial charge in [0.15, 0.2) is 8.07 Å². The van der Waals surface area contributed by atoms with Gasteiger partial charge in [-0.1, -0.05) is 121 Å². The first-order valence-electron chi connectivity index (χ1n) is 13.4. The molecular formula is C36H28N2Si. The van der Waals surface area contributed by atoms with E-state index in [1.54, 1.807) is 0 Å². The third-order valence-electron chi connectivity index (χ3n) is 7.86. The molecule has 2 nitrogen and oxygen atoms in total. The molecule has 2 aromatic heterocycles. The van der Waals surface area contributed by atoms with Crippen molar-refractivity contribution in [2.45, 2.75) is 6.92 Å². The van der Waals surface area contributed by atoms with Crippen LogP contribution in [0.5, 0.6) is 0 Å². The Kier molecular flexibility index (Phi) is 5.72. The second kappa shape index (κ2) is 9.54. The number of nitrogens with zero attached hydrogens (tertiary/aromatic N) is 2. The summed E-state index contributed by atoms with van der Waals surface area (Å²) < 4.78 is 2.33. The molecular weight excluding hydrogens is 488 g/mol. The van der Waals surface area contributed by atoms with Crippen molar-refractivity contribution in [2.75, 3.05) is 0 Å². The van der Waals surface area contributed by atoms with Gasteiger partial charge in [-0.3, -0.25) is 4.57 Å². The molecule has 0 fully saturated rings. The molecule has 0 amide bonds. The van der Waals surface area contributed by atoms with Gasteiger partial charge in [-0.15, -0.1) is 0 Å². The molecule has 0 aliphatic heterocycles. The summed E-state index contributed by atoms with van der Waals surface area (Å²) in [5.41, 5.74) is 3.60. The molecule has 5 aromatic carbocycles. The highest BCUT2D eigenvalue weighted by molar-refractivity contribution is 7.19. The lowest BCUT2D eigenvalue weighted by Crippen LogP contribution is -2.74. The third-order valence-corrected chi connectivity index (χ3v) is 12.6. The fourth-order valence-electron chi connectivity index (χ4n) is 6.17. The van der Waals surface area contributed by atoms with E-state index in [4.69, 9.17) is 4.98 Å². The van der Waals surface area contributed by atoms with Crippen LogP contribution in [-0.4, -0.2) is 17.6 Å². The second-order valence-corrected chi connectivity index (χ2v) is 13.9. The molecule has 39 heavy (non-hydrogen) atoms. The van der Waals surface area contributed by atoms with Gasteiger partial charge in [-0.05, 0) is 57.5 Å². The minimum Gasteiger partial charge on any atom is -0.294 e. The highest BCUT2D eigenvalue weighted by atomic mass is 28.3. The van der Waals surface area contributed by atoms with Crippen molar-refractivity contribution in [3.63, 3.8) is 0 Å². The molecule has 0 bridgehead atoms. The number of rotatable bonds is 5. The van der Waals surface area contributed by atoms with E-state index in [1.165, 1.54) is 48.1 Å². The summed E-state index contributed by atoms with van der Waals surface area (Å²) in [7, 11) is -2.64. The molecule has 0 saturated carbocycles. The highest BCUT2D eigenvalue weighted by Gasteiger charge is 2.41. The number of aryl methyl sites for hydroxylation is 1. The Morgan fingerprint density at radius 2 is 1.03 bits per heavy atom. The molecule has 0 radical (unpaired) electrons. The van der Waals surface area contributed by atoms with Crippen LogP contribution < -0.4 is 20.7 Å². The molecule has 0 aliphatic rings. The fraction of sp³-hybridized carbons (Fsp3) is 0.0278. The van der Waals surface area contributed by atoms with Gasteiger partial charge in [0.05, 0.1) is 11.0 Å². The summed E-state index contributed by atoms with van der Waals surface area (Å²) >= 11 is 0. The topological polar surface area (TPSA) is 17.8 Å². The van der Waals surface area contributed by atoms with Crippen molar-refractivity contribution < 1.29 is 0 Å².